The molecule has 0 unspecified atom stereocenters. The summed E-state index contributed by atoms with van der Waals surface area (Å²) in [7, 11) is 0. The van der Waals surface area contributed by atoms with Crippen LogP contribution >= 0.6 is 15.9 Å². The largest absolute Gasteiger partial charge is 0.504 e. The molecule has 4 rings (SSSR count). The summed E-state index contributed by atoms with van der Waals surface area (Å²) in [6.45, 7) is 3.63. The molecule has 48 heavy (non-hydrogen) atoms. The Balaban J connectivity index is 1.68. The Morgan fingerprint density at radius 1 is 0.917 bits per heavy atom. The molecule has 0 saturated carbocycles. The van der Waals surface area contributed by atoms with Gasteiger partial charge < -0.3 is 52.2 Å². The maximum Gasteiger partial charge on any atom is 0.268 e. The van der Waals surface area contributed by atoms with E-state index in [1.54, 1.807) is 13.1 Å². The van der Waals surface area contributed by atoms with Crippen LogP contribution in [0.15, 0.2) is 71.1 Å². The van der Waals surface area contributed by atoms with Gasteiger partial charge in [0.15, 0.2) is 28.7 Å². The number of amides is 3. The molecule has 0 radical (unpaired) electrons. The lowest BCUT2D eigenvalue weighted by molar-refractivity contribution is -0.128. The Hall–Kier alpha value is -5.47. The highest BCUT2D eigenvalue weighted by Crippen LogP contribution is 2.36. The summed E-state index contributed by atoms with van der Waals surface area (Å²) >= 11 is 3.43. The number of aromatic hydroxyl groups is 5. The van der Waals surface area contributed by atoms with E-state index >= 15 is 0 Å². The third kappa shape index (κ3) is 8.66. The maximum atomic E-state index is 13.8. The minimum atomic E-state index is -1.21. The average molecular weight is 723 g/mol. The van der Waals surface area contributed by atoms with Gasteiger partial charge in [0.05, 0.1) is 6.04 Å². The predicted octanol–water partition coefficient (Wildman–Crippen LogP) is 3.80. The lowest BCUT2D eigenvalue weighted by Crippen LogP contribution is -2.51. The van der Waals surface area contributed by atoms with E-state index in [0.717, 1.165) is 33.6 Å². The van der Waals surface area contributed by atoms with Crippen LogP contribution < -0.4 is 21.7 Å². The van der Waals surface area contributed by atoms with Gasteiger partial charge in [-0.3, -0.25) is 14.4 Å². The molecule has 4 aromatic rings. The van der Waals surface area contributed by atoms with Crippen LogP contribution in [0.5, 0.6) is 28.7 Å². The van der Waals surface area contributed by atoms with Crippen LogP contribution in [0.2, 0.25) is 0 Å². The molecule has 13 nitrogen and oxygen atoms in total. The second-order valence-corrected chi connectivity index (χ2v) is 12.1. The van der Waals surface area contributed by atoms with E-state index in [-0.39, 0.29) is 35.1 Å². The number of rotatable bonds is 12. The number of aromatic nitrogens is 1. The van der Waals surface area contributed by atoms with Crippen molar-refractivity contribution in [3.05, 3.63) is 87.8 Å². The summed E-state index contributed by atoms with van der Waals surface area (Å²) in [5.74, 6) is -5.18. The molecule has 3 amide bonds. The number of benzene rings is 3. The number of halogens is 1. The summed E-state index contributed by atoms with van der Waals surface area (Å²) in [5, 5.41) is 57.8. The van der Waals surface area contributed by atoms with Gasteiger partial charge in [0.1, 0.15) is 11.7 Å². The lowest BCUT2D eigenvalue weighted by atomic mass is 9.99. The first-order valence-corrected chi connectivity index (χ1v) is 15.6. The van der Waals surface area contributed by atoms with Crippen molar-refractivity contribution in [1.29, 1.82) is 0 Å². The van der Waals surface area contributed by atoms with Crippen LogP contribution in [0.4, 0.5) is 0 Å². The Bertz CT molecular complexity index is 1880. The number of H-pyrrole nitrogens is 1. The third-order valence-corrected chi connectivity index (χ3v) is 8.23. The Kier molecular flexibility index (Phi) is 11.4. The highest BCUT2D eigenvalue weighted by molar-refractivity contribution is 9.10. The fourth-order valence-corrected chi connectivity index (χ4v) is 5.08. The van der Waals surface area contributed by atoms with Crippen molar-refractivity contribution in [3.8, 4) is 28.7 Å². The molecular formula is C34H36BrN5O8. The van der Waals surface area contributed by atoms with Gasteiger partial charge in [0, 0.05) is 34.2 Å². The molecule has 11 N–H and O–H groups in total. The summed E-state index contributed by atoms with van der Waals surface area (Å²) in [6.07, 6.45) is 6.26. The first-order valence-electron chi connectivity index (χ1n) is 14.9. The van der Waals surface area contributed by atoms with Crippen molar-refractivity contribution < 1.29 is 39.9 Å². The van der Waals surface area contributed by atoms with Crippen molar-refractivity contribution in [2.24, 2.45) is 11.7 Å². The minimum Gasteiger partial charge on any atom is -0.504 e. The first-order chi connectivity index (χ1) is 22.8. The van der Waals surface area contributed by atoms with Crippen LogP contribution in [-0.2, 0) is 20.8 Å². The second kappa shape index (κ2) is 15.4. The molecule has 0 saturated heterocycles. The van der Waals surface area contributed by atoms with E-state index in [2.05, 4.69) is 36.9 Å². The molecule has 3 atom stereocenters. The molecule has 1 aromatic heterocycles. The van der Waals surface area contributed by atoms with E-state index in [1.165, 1.54) is 30.5 Å². The van der Waals surface area contributed by atoms with Gasteiger partial charge in [0.2, 0.25) is 11.8 Å². The standard InChI is InChI=1S/C34H36BrN5O8/c1-3-17(2)30(36)34(48)40-24(10-19-12-28(43)31(45)29(44)13-19)33(47)39-25(14-20-16-38-23-15-21(35)5-6-22(20)23)32(46)37-9-8-18-4-7-26(41)27(42)11-18/h4-13,15-17,25,30,38,41-45H,3,14,36H2,1-2H3,(H,37,46)(H,39,47)(H,40,48)/b9-8+,24-10-/t17-,25+,30-/m1/s1. The summed E-state index contributed by atoms with van der Waals surface area (Å²) in [4.78, 5) is 43.6. The van der Waals surface area contributed by atoms with Crippen LogP contribution in [-0.4, -0.2) is 60.3 Å². The van der Waals surface area contributed by atoms with Crippen LogP contribution in [0.25, 0.3) is 23.1 Å². The fraction of sp³-hybridized carbons (Fsp3) is 0.206. The van der Waals surface area contributed by atoms with Gasteiger partial charge in [-0.25, -0.2) is 0 Å². The number of hydrogen-bond acceptors (Lipinski definition) is 9. The van der Waals surface area contributed by atoms with E-state index in [9.17, 15) is 39.9 Å². The predicted molar refractivity (Wildman–Crippen MR) is 184 cm³/mol. The summed E-state index contributed by atoms with van der Waals surface area (Å²) in [6, 6.07) is 9.61. The second-order valence-electron chi connectivity index (χ2n) is 11.2. The van der Waals surface area contributed by atoms with Gasteiger partial charge in [-0.2, -0.15) is 0 Å². The van der Waals surface area contributed by atoms with E-state index < -0.39 is 47.1 Å². The molecule has 14 heteroatoms. The van der Waals surface area contributed by atoms with Gasteiger partial charge >= 0.3 is 0 Å². The smallest absolute Gasteiger partial charge is 0.268 e. The number of nitrogens with two attached hydrogens (primary N) is 1. The van der Waals surface area contributed by atoms with Crippen LogP contribution in [0.3, 0.4) is 0 Å². The number of phenolic OH excluding ortho intramolecular Hbond substituents is 5. The molecule has 3 aromatic carbocycles. The highest BCUT2D eigenvalue weighted by Gasteiger charge is 2.27. The molecule has 0 aliphatic carbocycles. The zero-order chi connectivity index (χ0) is 35.1. The van der Waals surface area contributed by atoms with Crippen molar-refractivity contribution >= 4 is 56.7 Å². The highest BCUT2D eigenvalue weighted by atomic mass is 79.9. The van der Waals surface area contributed by atoms with Gasteiger partial charge in [-0.05, 0) is 71.2 Å². The topological polar surface area (TPSA) is 230 Å². The fourth-order valence-electron chi connectivity index (χ4n) is 4.72. The number of fused-ring (bicyclic) bond motifs is 1. The molecule has 0 fully saturated rings. The quantitative estimate of drug-likeness (QED) is 0.0756. The normalized spacial score (nSPS) is 13.6. The van der Waals surface area contributed by atoms with E-state index in [1.807, 2.05) is 25.1 Å². The molecule has 0 aliphatic rings. The van der Waals surface area contributed by atoms with Gasteiger partial charge in [-0.15, -0.1) is 0 Å². The van der Waals surface area contributed by atoms with Crippen molar-refractivity contribution in [2.75, 3.05) is 0 Å². The number of aromatic amines is 1. The lowest BCUT2D eigenvalue weighted by Gasteiger charge is -2.21. The van der Waals surface area contributed by atoms with Gasteiger partial charge in [0.25, 0.3) is 5.91 Å². The van der Waals surface area contributed by atoms with Crippen molar-refractivity contribution in [3.63, 3.8) is 0 Å². The Labute approximate surface area is 283 Å². The Morgan fingerprint density at radius 3 is 2.27 bits per heavy atom. The molecule has 0 aliphatic heterocycles. The minimum absolute atomic E-state index is 0.0153. The summed E-state index contributed by atoms with van der Waals surface area (Å²) < 4.78 is 0.837. The summed E-state index contributed by atoms with van der Waals surface area (Å²) in [5.41, 5.74) is 7.77. The molecule has 0 spiro atoms. The van der Waals surface area contributed by atoms with E-state index in [4.69, 9.17) is 5.73 Å². The van der Waals surface area contributed by atoms with Crippen LogP contribution in [0, 0.1) is 5.92 Å². The third-order valence-electron chi connectivity index (χ3n) is 7.74. The number of carbonyl (C=O) groups is 3. The molecular weight excluding hydrogens is 686 g/mol. The van der Waals surface area contributed by atoms with E-state index in [0.29, 0.717) is 17.5 Å². The zero-order valence-corrected chi connectivity index (χ0v) is 27.6. The number of carbonyl (C=O) groups excluding carboxylic acids is 3. The Morgan fingerprint density at radius 2 is 1.60 bits per heavy atom. The molecule has 1 heterocycles. The monoisotopic (exact) mass is 721 g/mol. The number of hydrogen-bond donors (Lipinski definition) is 10. The average Bonchev–Trinajstić information content (AvgIpc) is 3.44. The van der Waals surface area contributed by atoms with Gasteiger partial charge in [-0.1, -0.05) is 48.3 Å². The zero-order valence-electron chi connectivity index (χ0n) is 26.0. The SMILES string of the molecule is CC[C@@H](C)[C@@H](N)C(=O)N/C(=C\c1cc(O)c(O)c(O)c1)C(=O)N[C@@H](Cc1c[nH]c2cc(Br)ccc12)C(=O)N/C=C/c1ccc(O)c(O)c1. The van der Waals surface area contributed by atoms with Crippen LogP contribution in [0.1, 0.15) is 37.0 Å². The van der Waals surface area contributed by atoms with Crippen molar-refractivity contribution in [2.45, 2.75) is 38.8 Å². The first kappa shape index (κ1) is 35.4. The maximum absolute atomic E-state index is 13.8. The number of nitrogens with one attached hydrogen (secondary N) is 4. The number of phenols is 5. The molecule has 0 bridgehead atoms. The molecule has 252 valence electrons. The van der Waals surface area contributed by atoms with Crippen molar-refractivity contribution in [1.82, 2.24) is 20.9 Å².